The Kier molecular flexibility index (Phi) is 3.83. The summed E-state index contributed by atoms with van der Waals surface area (Å²) in [5, 5.41) is 16.2. The minimum Gasteiger partial charge on any atom is -0.481 e. The number of aromatic nitrogens is 2. The number of carbonyl (C=O) groups is 2. The first-order valence-electron chi connectivity index (χ1n) is 6.91. The Morgan fingerprint density at radius 3 is 2.55 bits per heavy atom. The number of amides is 1. The second-order valence-corrected chi connectivity index (χ2v) is 5.89. The van der Waals surface area contributed by atoms with Crippen molar-refractivity contribution in [2.75, 3.05) is 0 Å². The van der Waals surface area contributed by atoms with Gasteiger partial charge in [0.15, 0.2) is 0 Å². The van der Waals surface area contributed by atoms with Crippen LogP contribution in [-0.2, 0) is 11.8 Å². The van der Waals surface area contributed by atoms with Crippen LogP contribution in [0.3, 0.4) is 0 Å². The van der Waals surface area contributed by atoms with Crippen molar-refractivity contribution in [2.24, 2.45) is 7.05 Å². The topological polar surface area (TPSA) is 84.2 Å². The smallest absolute Gasteiger partial charge is 0.305 e. The second kappa shape index (κ2) is 5.26. The molecule has 6 heteroatoms. The summed E-state index contributed by atoms with van der Waals surface area (Å²) in [5.41, 5.74) is 0.759. The maximum Gasteiger partial charge on any atom is 0.305 e. The Morgan fingerprint density at radius 1 is 1.50 bits per heavy atom. The molecule has 0 saturated heterocycles. The number of aryl methyl sites for hydroxylation is 1. The average Bonchev–Trinajstić information content (AvgIpc) is 2.68. The number of nitrogens with one attached hydrogen (secondary N) is 1. The summed E-state index contributed by atoms with van der Waals surface area (Å²) < 4.78 is 1.55. The molecule has 0 aliphatic heterocycles. The van der Waals surface area contributed by atoms with Gasteiger partial charge < -0.3 is 10.4 Å². The maximum absolute atomic E-state index is 12.3. The van der Waals surface area contributed by atoms with Crippen molar-refractivity contribution in [3.05, 3.63) is 17.5 Å². The first-order chi connectivity index (χ1) is 9.33. The number of carboxylic acid groups (broad SMARTS) is 1. The van der Waals surface area contributed by atoms with Gasteiger partial charge in [0.1, 0.15) is 5.69 Å². The molecule has 110 valence electrons. The van der Waals surface area contributed by atoms with Gasteiger partial charge in [-0.25, -0.2) is 0 Å². The van der Waals surface area contributed by atoms with Crippen molar-refractivity contribution in [1.29, 1.82) is 0 Å². The van der Waals surface area contributed by atoms with Crippen molar-refractivity contribution in [3.63, 3.8) is 0 Å². The van der Waals surface area contributed by atoms with Gasteiger partial charge in [-0.05, 0) is 31.2 Å². The van der Waals surface area contributed by atoms with Gasteiger partial charge >= 0.3 is 5.97 Å². The first-order valence-corrected chi connectivity index (χ1v) is 6.91. The number of hydrogen-bond donors (Lipinski definition) is 2. The predicted molar refractivity (Wildman–Crippen MR) is 73.6 cm³/mol. The highest BCUT2D eigenvalue weighted by atomic mass is 16.4. The van der Waals surface area contributed by atoms with E-state index >= 15 is 0 Å². The first kappa shape index (κ1) is 14.6. The molecule has 1 aliphatic rings. The maximum atomic E-state index is 12.3. The highest BCUT2D eigenvalue weighted by Gasteiger charge is 2.40. The molecule has 1 fully saturated rings. The SMILES string of the molecule is CC(C)c1cc(C(=O)NC2(CC(=O)O)CCC2)n(C)n1. The molecule has 1 aromatic heterocycles. The quantitative estimate of drug-likeness (QED) is 0.858. The summed E-state index contributed by atoms with van der Waals surface area (Å²) in [6.45, 7) is 4.03. The van der Waals surface area contributed by atoms with Gasteiger partial charge in [0.05, 0.1) is 17.7 Å². The number of nitrogens with zero attached hydrogens (tertiary/aromatic N) is 2. The van der Waals surface area contributed by atoms with Crippen LogP contribution in [0.4, 0.5) is 0 Å². The molecule has 1 amide bonds. The Balaban J connectivity index is 2.13. The second-order valence-electron chi connectivity index (χ2n) is 5.89. The molecule has 1 saturated carbocycles. The fourth-order valence-electron chi connectivity index (χ4n) is 2.53. The van der Waals surface area contributed by atoms with E-state index in [1.54, 1.807) is 17.8 Å². The van der Waals surface area contributed by atoms with E-state index in [1.165, 1.54) is 0 Å². The molecule has 1 heterocycles. The molecule has 0 spiro atoms. The van der Waals surface area contributed by atoms with Crippen LogP contribution < -0.4 is 5.32 Å². The lowest BCUT2D eigenvalue weighted by molar-refractivity contribution is -0.139. The predicted octanol–water partition coefficient (Wildman–Crippen LogP) is 1.67. The Bertz CT molecular complexity index is 530. The molecular weight excluding hydrogens is 258 g/mol. The zero-order valence-corrected chi connectivity index (χ0v) is 12.1. The average molecular weight is 279 g/mol. The molecule has 0 atom stereocenters. The summed E-state index contributed by atoms with van der Waals surface area (Å²) in [4.78, 5) is 23.2. The van der Waals surface area contributed by atoms with Gasteiger partial charge in [-0.1, -0.05) is 13.8 Å². The van der Waals surface area contributed by atoms with Crippen molar-refractivity contribution >= 4 is 11.9 Å². The third-order valence-corrected chi connectivity index (χ3v) is 3.90. The van der Waals surface area contributed by atoms with Crippen LogP contribution in [0.2, 0.25) is 0 Å². The molecule has 2 N–H and O–H groups in total. The lowest BCUT2D eigenvalue weighted by Crippen LogP contribution is -2.54. The summed E-state index contributed by atoms with van der Waals surface area (Å²) >= 11 is 0. The monoisotopic (exact) mass is 279 g/mol. The van der Waals surface area contributed by atoms with E-state index in [-0.39, 0.29) is 18.2 Å². The van der Waals surface area contributed by atoms with Crippen LogP contribution in [0.5, 0.6) is 0 Å². The Hall–Kier alpha value is -1.85. The van der Waals surface area contributed by atoms with Gasteiger partial charge in [-0.15, -0.1) is 0 Å². The van der Waals surface area contributed by atoms with Gasteiger partial charge in [0.25, 0.3) is 5.91 Å². The number of carboxylic acids is 1. The van der Waals surface area contributed by atoms with E-state index < -0.39 is 11.5 Å². The lowest BCUT2D eigenvalue weighted by atomic mass is 9.74. The highest BCUT2D eigenvalue weighted by molar-refractivity contribution is 5.93. The van der Waals surface area contributed by atoms with E-state index in [0.29, 0.717) is 5.69 Å². The van der Waals surface area contributed by atoms with Gasteiger partial charge in [-0.2, -0.15) is 5.10 Å². The molecule has 6 nitrogen and oxygen atoms in total. The largest absolute Gasteiger partial charge is 0.481 e. The van der Waals surface area contributed by atoms with E-state index in [1.807, 2.05) is 13.8 Å². The number of rotatable bonds is 5. The Morgan fingerprint density at radius 2 is 2.15 bits per heavy atom. The number of aliphatic carboxylic acids is 1. The summed E-state index contributed by atoms with van der Waals surface area (Å²) in [6.07, 6.45) is 2.38. The minimum absolute atomic E-state index is 0.0202. The lowest BCUT2D eigenvalue weighted by Gasteiger charge is -2.41. The fourth-order valence-corrected chi connectivity index (χ4v) is 2.53. The summed E-state index contributed by atoms with van der Waals surface area (Å²) in [5.74, 6) is -0.870. The molecule has 20 heavy (non-hydrogen) atoms. The fraction of sp³-hybridized carbons (Fsp3) is 0.643. The normalized spacial score (nSPS) is 16.8. The Labute approximate surface area is 118 Å². The van der Waals surface area contributed by atoms with E-state index in [0.717, 1.165) is 25.0 Å². The molecule has 0 radical (unpaired) electrons. The van der Waals surface area contributed by atoms with Crippen LogP contribution in [0.15, 0.2) is 6.07 Å². The molecule has 1 aliphatic carbocycles. The number of carbonyl (C=O) groups excluding carboxylic acids is 1. The van der Waals surface area contributed by atoms with Gasteiger partial charge in [0, 0.05) is 7.05 Å². The third-order valence-electron chi connectivity index (χ3n) is 3.90. The van der Waals surface area contributed by atoms with Crippen molar-refractivity contribution in [3.8, 4) is 0 Å². The third kappa shape index (κ3) is 2.84. The zero-order chi connectivity index (χ0) is 14.9. The molecule has 0 bridgehead atoms. The van der Waals surface area contributed by atoms with Gasteiger partial charge in [0.2, 0.25) is 0 Å². The van der Waals surface area contributed by atoms with Crippen molar-refractivity contribution in [1.82, 2.24) is 15.1 Å². The highest BCUT2D eigenvalue weighted by Crippen LogP contribution is 2.35. The van der Waals surface area contributed by atoms with Crippen molar-refractivity contribution < 1.29 is 14.7 Å². The molecule has 0 unspecified atom stereocenters. The standard InChI is InChI=1S/C14H21N3O3/c1-9(2)10-7-11(17(3)16-10)13(20)15-14(5-4-6-14)8-12(18)19/h7,9H,4-6,8H2,1-3H3,(H,15,20)(H,18,19). The molecule has 1 aromatic rings. The molecular formula is C14H21N3O3. The van der Waals surface area contributed by atoms with Crippen LogP contribution in [0, 0.1) is 0 Å². The van der Waals surface area contributed by atoms with Crippen molar-refractivity contribution in [2.45, 2.75) is 51.0 Å². The van der Waals surface area contributed by atoms with Crippen LogP contribution in [-0.4, -0.2) is 32.3 Å². The summed E-state index contributed by atoms with van der Waals surface area (Å²) in [6, 6.07) is 1.77. The van der Waals surface area contributed by atoms with E-state index in [9.17, 15) is 9.59 Å². The van der Waals surface area contributed by atoms with E-state index in [4.69, 9.17) is 5.11 Å². The van der Waals surface area contributed by atoms with Crippen LogP contribution >= 0.6 is 0 Å². The van der Waals surface area contributed by atoms with E-state index in [2.05, 4.69) is 10.4 Å². The summed E-state index contributed by atoms with van der Waals surface area (Å²) in [7, 11) is 1.73. The van der Waals surface area contributed by atoms with Crippen LogP contribution in [0.1, 0.15) is 61.6 Å². The van der Waals surface area contributed by atoms with Crippen LogP contribution in [0.25, 0.3) is 0 Å². The van der Waals surface area contributed by atoms with Gasteiger partial charge in [-0.3, -0.25) is 14.3 Å². The number of hydrogen-bond acceptors (Lipinski definition) is 3. The molecule has 0 aromatic carbocycles. The zero-order valence-electron chi connectivity index (χ0n) is 12.1. The molecule has 2 rings (SSSR count). The minimum atomic E-state index is -0.877.